The van der Waals surface area contributed by atoms with Gasteiger partial charge >= 0.3 is 0 Å². The molecule has 2 nitrogen and oxygen atoms in total. The second-order valence-corrected chi connectivity index (χ2v) is 5.94. The number of rotatable bonds is 1. The highest BCUT2D eigenvalue weighted by molar-refractivity contribution is 5.99. The monoisotopic (exact) mass is 210 g/mol. The first-order valence-corrected chi connectivity index (χ1v) is 5.64. The molecular formula is C13H22O2. The van der Waals surface area contributed by atoms with Gasteiger partial charge in [0.25, 0.3) is 0 Å². The van der Waals surface area contributed by atoms with Crippen LogP contribution in [-0.2, 0) is 9.53 Å². The maximum atomic E-state index is 12.0. The van der Waals surface area contributed by atoms with Gasteiger partial charge in [0.05, 0.1) is 11.9 Å². The highest BCUT2D eigenvalue weighted by Crippen LogP contribution is 2.35. The summed E-state index contributed by atoms with van der Waals surface area (Å²) in [5.41, 5.74) is 0.432. The Balaban J connectivity index is 2.74. The summed E-state index contributed by atoms with van der Waals surface area (Å²) in [6.07, 6.45) is 4.60. The lowest BCUT2D eigenvalue weighted by atomic mass is 9.74. The zero-order valence-corrected chi connectivity index (χ0v) is 10.5. The van der Waals surface area contributed by atoms with Gasteiger partial charge in [0, 0.05) is 11.0 Å². The van der Waals surface area contributed by atoms with E-state index in [9.17, 15) is 4.79 Å². The maximum absolute atomic E-state index is 12.0. The molecule has 0 aromatic rings. The van der Waals surface area contributed by atoms with Gasteiger partial charge in [-0.1, -0.05) is 13.8 Å². The minimum Gasteiger partial charge on any atom is -0.495 e. The van der Waals surface area contributed by atoms with Crippen LogP contribution in [0.4, 0.5) is 0 Å². The molecule has 0 unspecified atom stereocenters. The van der Waals surface area contributed by atoms with Gasteiger partial charge < -0.3 is 4.74 Å². The summed E-state index contributed by atoms with van der Waals surface area (Å²) < 4.78 is 5.55. The number of Topliss-reactive ketones (excluding diaryl/α,β-unsaturated/α-hetero) is 1. The fourth-order valence-electron chi connectivity index (χ4n) is 1.74. The molecule has 0 spiro atoms. The van der Waals surface area contributed by atoms with Crippen molar-refractivity contribution in [3.63, 3.8) is 0 Å². The molecule has 0 bridgehead atoms. The Morgan fingerprint density at radius 1 is 1.33 bits per heavy atom. The number of hydrogen-bond donors (Lipinski definition) is 0. The summed E-state index contributed by atoms with van der Waals surface area (Å²) in [6.45, 7) is 9.99. The number of carbonyl (C=O) groups excluding carboxylic acids is 1. The van der Waals surface area contributed by atoms with Crippen molar-refractivity contribution in [3.8, 4) is 0 Å². The summed E-state index contributed by atoms with van der Waals surface area (Å²) in [6, 6.07) is 0. The molecule has 0 aliphatic heterocycles. The number of carbonyl (C=O) groups is 1. The van der Waals surface area contributed by atoms with E-state index in [0.29, 0.717) is 0 Å². The molecule has 0 amide bonds. The van der Waals surface area contributed by atoms with Gasteiger partial charge in [-0.15, -0.1) is 0 Å². The smallest absolute Gasteiger partial charge is 0.167 e. The average Bonchev–Trinajstić information content (AvgIpc) is 2.06. The highest BCUT2D eigenvalue weighted by Gasteiger charge is 2.33. The standard InChI is InChI=1S/C13H22O2/c1-12(2,3)15-9-10-7-6-8-13(4,5)11(10)14/h9H,6-8H2,1-5H3/b10-9+. The second-order valence-electron chi connectivity index (χ2n) is 5.94. The Hall–Kier alpha value is -0.790. The van der Waals surface area contributed by atoms with Crippen LogP contribution in [0.1, 0.15) is 53.9 Å². The van der Waals surface area contributed by atoms with Crippen LogP contribution in [0.15, 0.2) is 11.8 Å². The SMILES string of the molecule is CC(C)(C)O/C=C1\CCCC(C)(C)C1=O. The number of ketones is 1. The number of hydrogen-bond acceptors (Lipinski definition) is 2. The molecule has 0 heterocycles. The molecule has 1 saturated carbocycles. The molecule has 0 N–H and O–H groups in total. The topological polar surface area (TPSA) is 26.3 Å². The lowest BCUT2D eigenvalue weighted by Crippen LogP contribution is -2.30. The van der Waals surface area contributed by atoms with Gasteiger partial charge in [-0.2, -0.15) is 0 Å². The summed E-state index contributed by atoms with van der Waals surface area (Å²) in [7, 11) is 0. The molecule has 2 heteroatoms. The van der Waals surface area contributed by atoms with E-state index < -0.39 is 0 Å². The van der Waals surface area contributed by atoms with Crippen LogP contribution in [0.25, 0.3) is 0 Å². The predicted molar refractivity (Wildman–Crippen MR) is 61.6 cm³/mol. The van der Waals surface area contributed by atoms with Gasteiger partial charge in [-0.3, -0.25) is 4.79 Å². The third-order valence-electron chi connectivity index (χ3n) is 2.71. The van der Waals surface area contributed by atoms with E-state index in [1.807, 2.05) is 34.6 Å². The fraction of sp³-hybridized carbons (Fsp3) is 0.769. The Morgan fingerprint density at radius 3 is 2.47 bits per heavy atom. The summed E-state index contributed by atoms with van der Waals surface area (Å²) in [5.74, 6) is 0.248. The van der Waals surface area contributed by atoms with E-state index in [4.69, 9.17) is 4.74 Å². The van der Waals surface area contributed by atoms with Crippen LogP contribution in [0.5, 0.6) is 0 Å². The number of ether oxygens (including phenoxy) is 1. The first-order valence-electron chi connectivity index (χ1n) is 5.64. The van der Waals surface area contributed by atoms with Gasteiger partial charge in [-0.25, -0.2) is 0 Å². The number of allylic oxidation sites excluding steroid dienone is 1. The van der Waals surface area contributed by atoms with Crippen LogP contribution in [0.2, 0.25) is 0 Å². The predicted octanol–water partition coefficient (Wildman–Crippen LogP) is 3.46. The summed E-state index contributed by atoms with van der Waals surface area (Å²) in [4.78, 5) is 12.0. The minimum atomic E-state index is -0.213. The van der Waals surface area contributed by atoms with Gasteiger partial charge in [-0.05, 0) is 40.0 Å². The molecule has 0 aromatic heterocycles. The van der Waals surface area contributed by atoms with Gasteiger partial charge in [0.15, 0.2) is 5.78 Å². The van der Waals surface area contributed by atoms with Crippen LogP contribution >= 0.6 is 0 Å². The molecule has 0 saturated heterocycles. The average molecular weight is 210 g/mol. The van der Waals surface area contributed by atoms with E-state index in [-0.39, 0.29) is 16.8 Å². The zero-order chi connectivity index (χ0) is 11.7. The first-order chi connectivity index (χ1) is 6.72. The van der Waals surface area contributed by atoms with E-state index in [1.165, 1.54) is 0 Å². The van der Waals surface area contributed by atoms with E-state index in [1.54, 1.807) is 6.26 Å². The third-order valence-corrected chi connectivity index (χ3v) is 2.71. The van der Waals surface area contributed by atoms with Crippen molar-refractivity contribution >= 4 is 5.78 Å². The molecule has 0 aromatic carbocycles. The maximum Gasteiger partial charge on any atom is 0.167 e. The van der Waals surface area contributed by atoms with Crippen molar-refractivity contribution in [1.82, 2.24) is 0 Å². The van der Waals surface area contributed by atoms with Crippen molar-refractivity contribution in [2.45, 2.75) is 59.5 Å². The Morgan fingerprint density at radius 2 is 1.93 bits per heavy atom. The molecule has 0 radical (unpaired) electrons. The van der Waals surface area contributed by atoms with Crippen LogP contribution < -0.4 is 0 Å². The zero-order valence-electron chi connectivity index (χ0n) is 10.5. The Kier molecular flexibility index (Phi) is 3.27. The van der Waals surface area contributed by atoms with Crippen LogP contribution in [0.3, 0.4) is 0 Å². The molecule has 1 fully saturated rings. The Labute approximate surface area is 92.7 Å². The lowest BCUT2D eigenvalue weighted by molar-refractivity contribution is -0.125. The van der Waals surface area contributed by atoms with Crippen molar-refractivity contribution < 1.29 is 9.53 Å². The van der Waals surface area contributed by atoms with E-state index in [0.717, 1.165) is 24.8 Å². The van der Waals surface area contributed by atoms with Crippen molar-refractivity contribution in [2.24, 2.45) is 5.41 Å². The normalized spacial score (nSPS) is 24.3. The van der Waals surface area contributed by atoms with Crippen molar-refractivity contribution in [2.75, 3.05) is 0 Å². The molecule has 0 atom stereocenters. The van der Waals surface area contributed by atoms with E-state index in [2.05, 4.69) is 0 Å². The highest BCUT2D eigenvalue weighted by atomic mass is 16.5. The lowest BCUT2D eigenvalue weighted by Gasteiger charge is -2.30. The quantitative estimate of drug-likeness (QED) is 0.489. The fourth-order valence-corrected chi connectivity index (χ4v) is 1.74. The molecule has 86 valence electrons. The van der Waals surface area contributed by atoms with E-state index >= 15 is 0 Å². The molecule has 1 rings (SSSR count). The second kappa shape index (κ2) is 3.99. The molecule has 1 aliphatic carbocycles. The van der Waals surface area contributed by atoms with Gasteiger partial charge in [0.1, 0.15) is 0 Å². The van der Waals surface area contributed by atoms with Crippen LogP contribution in [0, 0.1) is 5.41 Å². The Bertz CT molecular complexity index is 279. The summed E-state index contributed by atoms with van der Waals surface area (Å²) >= 11 is 0. The molecule has 15 heavy (non-hydrogen) atoms. The molecular weight excluding hydrogens is 188 g/mol. The minimum absolute atomic E-state index is 0.203. The van der Waals surface area contributed by atoms with Crippen molar-refractivity contribution in [1.29, 1.82) is 0 Å². The third kappa shape index (κ3) is 3.37. The molecule has 1 aliphatic rings. The van der Waals surface area contributed by atoms with Gasteiger partial charge in [0.2, 0.25) is 0 Å². The van der Waals surface area contributed by atoms with Crippen molar-refractivity contribution in [3.05, 3.63) is 11.8 Å². The first kappa shape index (κ1) is 12.3. The summed E-state index contributed by atoms with van der Waals surface area (Å²) in [5, 5.41) is 0. The van der Waals surface area contributed by atoms with Crippen LogP contribution in [-0.4, -0.2) is 11.4 Å². The largest absolute Gasteiger partial charge is 0.495 e.